The summed E-state index contributed by atoms with van der Waals surface area (Å²) in [5.41, 5.74) is -0.872. The van der Waals surface area contributed by atoms with Crippen molar-refractivity contribution in [1.82, 2.24) is 10.2 Å². The van der Waals surface area contributed by atoms with Gasteiger partial charge in [0.2, 0.25) is 0 Å². The number of aliphatic carboxylic acids is 1. The summed E-state index contributed by atoms with van der Waals surface area (Å²) in [5, 5.41) is 12.2. The fourth-order valence-corrected chi connectivity index (χ4v) is 4.58. The molecule has 1 rings (SSSR count). The molecule has 1 aliphatic heterocycles. The van der Waals surface area contributed by atoms with Gasteiger partial charge in [0.25, 0.3) is 0 Å². The summed E-state index contributed by atoms with van der Waals surface area (Å²) in [6.45, 7) is 2.58. The fraction of sp³-hybridized carbons (Fsp3) is 0.923. The predicted octanol–water partition coefficient (Wildman–Crippen LogP) is 0.338. The zero-order valence-electron chi connectivity index (χ0n) is 12.6. The van der Waals surface area contributed by atoms with Gasteiger partial charge in [-0.1, -0.05) is 6.92 Å². The van der Waals surface area contributed by atoms with E-state index in [1.165, 1.54) is 0 Å². The van der Waals surface area contributed by atoms with Gasteiger partial charge in [0, 0.05) is 6.04 Å². The van der Waals surface area contributed by atoms with E-state index in [0.717, 1.165) is 13.0 Å². The minimum Gasteiger partial charge on any atom is -0.480 e. The second-order valence-corrected chi connectivity index (χ2v) is 7.86. The summed E-state index contributed by atoms with van der Waals surface area (Å²) in [5.74, 6) is -0.325. The first-order valence-corrected chi connectivity index (χ1v) is 8.91. The molecule has 2 atom stereocenters. The van der Waals surface area contributed by atoms with Crippen molar-refractivity contribution in [2.24, 2.45) is 0 Å². The van der Waals surface area contributed by atoms with Crippen LogP contribution in [0, 0.1) is 0 Å². The molecular formula is C13H26N2O4S. The largest absolute Gasteiger partial charge is 0.480 e. The lowest BCUT2D eigenvalue weighted by Crippen LogP contribution is -2.50. The minimum atomic E-state index is -2.86. The average molecular weight is 306 g/mol. The number of nitrogens with one attached hydrogen (secondary N) is 1. The molecule has 0 saturated carbocycles. The van der Waals surface area contributed by atoms with E-state index in [1.807, 2.05) is 18.9 Å². The van der Waals surface area contributed by atoms with Crippen LogP contribution in [0.4, 0.5) is 0 Å². The monoisotopic (exact) mass is 306 g/mol. The van der Waals surface area contributed by atoms with Gasteiger partial charge in [-0.2, -0.15) is 0 Å². The molecule has 0 aliphatic carbocycles. The van der Waals surface area contributed by atoms with Crippen molar-refractivity contribution in [1.29, 1.82) is 0 Å². The first-order chi connectivity index (χ1) is 9.26. The highest BCUT2D eigenvalue weighted by Crippen LogP contribution is 2.20. The Bertz CT molecular complexity index is 432. The normalized spacial score (nSPS) is 24.7. The van der Waals surface area contributed by atoms with Crippen LogP contribution in [-0.2, 0) is 14.6 Å². The Kier molecular flexibility index (Phi) is 5.97. The van der Waals surface area contributed by atoms with Crippen molar-refractivity contribution in [3.05, 3.63) is 0 Å². The van der Waals surface area contributed by atoms with Gasteiger partial charge in [0.15, 0.2) is 9.84 Å². The molecule has 6 nitrogen and oxygen atoms in total. The second kappa shape index (κ2) is 6.87. The van der Waals surface area contributed by atoms with Crippen LogP contribution in [0.1, 0.15) is 32.6 Å². The number of likely N-dealkylation sites (N-methyl/N-ethyl adjacent to an activating group) is 1. The van der Waals surface area contributed by atoms with E-state index < -0.39 is 21.3 Å². The lowest BCUT2D eigenvalue weighted by atomic mass is 9.90. The van der Waals surface area contributed by atoms with Gasteiger partial charge in [-0.15, -0.1) is 0 Å². The third kappa shape index (κ3) is 4.17. The van der Waals surface area contributed by atoms with E-state index in [4.69, 9.17) is 0 Å². The molecule has 1 heterocycles. The molecule has 0 radical (unpaired) electrons. The van der Waals surface area contributed by atoms with Crippen LogP contribution in [0.3, 0.4) is 0 Å². The van der Waals surface area contributed by atoms with Crippen molar-refractivity contribution < 1.29 is 18.3 Å². The molecular weight excluding hydrogens is 280 g/mol. The van der Waals surface area contributed by atoms with Gasteiger partial charge in [-0.3, -0.25) is 4.79 Å². The molecule has 0 aromatic carbocycles. The van der Waals surface area contributed by atoms with E-state index >= 15 is 0 Å². The molecule has 0 amide bonds. The van der Waals surface area contributed by atoms with Gasteiger partial charge in [0.05, 0.1) is 11.5 Å². The molecule has 0 spiro atoms. The topological polar surface area (TPSA) is 86.7 Å². The number of carboxylic acid groups (broad SMARTS) is 1. The fourth-order valence-electron chi connectivity index (χ4n) is 2.78. The Hall–Kier alpha value is -0.660. The lowest BCUT2D eigenvalue weighted by molar-refractivity contribution is -0.145. The molecule has 2 N–H and O–H groups in total. The predicted molar refractivity (Wildman–Crippen MR) is 78.6 cm³/mol. The molecule has 1 fully saturated rings. The highest BCUT2D eigenvalue weighted by Gasteiger charge is 2.35. The second-order valence-electron chi connectivity index (χ2n) is 5.63. The van der Waals surface area contributed by atoms with Crippen LogP contribution < -0.4 is 5.32 Å². The number of rotatable bonds is 8. The van der Waals surface area contributed by atoms with E-state index in [0.29, 0.717) is 19.3 Å². The van der Waals surface area contributed by atoms with Crippen molar-refractivity contribution in [2.45, 2.75) is 44.2 Å². The number of carboxylic acids is 1. The molecule has 118 valence electrons. The van der Waals surface area contributed by atoms with E-state index in [2.05, 4.69) is 5.32 Å². The van der Waals surface area contributed by atoms with Crippen LogP contribution in [0.15, 0.2) is 0 Å². The summed E-state index contributed by atoms with van der Waals surface area (Å²) >= 11 is 0. The molecule has 20 heavy (non-hydrogen) atoms. The molecule has 1 saturated heterocycles. The highest BCUT2D eigenvalue weighted by atomic mass is 32.2. The van der Waals surface area contributed by atoms with Crippen molar-refractivity contribution in [3.63, 3.8) is 0 Å². The Morgan fingerprint density at radius 1 is 1.50 bits per heavy atom. The van der Waals surface area contributed by atoms with Crippen molar-refractivity contribution >= 4 is 15.8 Å². The summed E-state index contributed by atoms with van der Waals surface area (Å²) in [6, 6.07) is 0.0791. The van der Waals surface area contributed by atoms with E-state index in [9.17, 15) is 18.3 Å². The van der Waals surface area contributed by atoms with Crippen LogP contribution >= 0.6 is 0 Å². The van der Waals surface area contributed by atoms with Crippen LogP contribution in [-0.4, -0.2) is 68.1 Å². The van der Waals surface area contributed by atoms with E-state index in [-0.39, 0.29) is 17.5 Å². The number of hydrogen-bond acceptors (Lipinski definition) is 5. The highest BCUT2D eigenvalue weighted by molar-refractivity contribution is 7.91. The SMILES string of the molecule is CCC(CCCN(C)C1CCS(=O)(=O)C1)(NC)C(=O)O. The summed E-state index contributed by atoms with van der Waals surface area (Å²) in [7, 11) is 0.723. The van der Waals surface area contributed by atoms with E-state index in [1.54, 1.807) is 7.05 Å². The summed E-state index contributed by atoms with van der Waals surface area (Å²) in [4.78, 5) is 13.4. The molecule has 0 aromatic rings. The zero-order valence-corrected chi connectivity index (χ0v) is 13.4. The first-order valence-electron chi connectivity index (χ1n) is 7.09. The molecule has 2 unspecified atom stereocenters. The maximum absolute atomic E-state index is 11.4. The van der Waals surface area contributed by atoms with Crippen molar-refractivity contribution in [3.8, 4) is 0 Å². The Morgan fingerprint density at radius 3 is 2.55 bits per heavy atom. The quantitative estimate of drug-likeness (QED) is 0.672. The maximum Gasteiger partial charge on any atom is 0.323 e. The zero-order chi connectivity index (χ0) is 15.4. The van der Waals surface area contributed by atoms with Crippen LogP contribution in [0.2, 0.25) is 0 Å². The van der Waals surface area contributed by atoms with Gasteiger partial charge >= 0.3 is 5.97 Å². The number of sulfone groups is 1. The Balaban J connectivity index is 2.45. The van der Waals surface area contributed by atoms with Gasteiger partial charge in [0.1, 0.15) is 5.54 Å². The molecule has 0 aromatic heterocycles. The maximum atomic E-state index is 11.4. The number of carbonyl (C=O) groups is 1. The third-order valence-electron chi connectivity index (χ3n) is 4.44. The third-order valence-corrected chi connectivity index (χ3v) is 6.19. The first kappa shape index (κ1) is 17.4. The number of nitrogens with zero attached hydrogens (tertiary/aromatic N) is 1. The summed E-state index contributed by atoms with van der Waals surface area (Å²) < 4.78 is 22.9. The lowest BCUT2D eigenvalue weighted by Gasteiger charge is -2.29. The molecule has 7 heteroatoms. The molecule has 0 bridgehead atoms. The van der Waals surface area contributed by atoms with Crippen molar-refractivity contribution in [2.75, 3.05) is 32.1 Å². The van der Waals surface area contributed by atoms with Gasteiger partial charge < -0.3 is 15.3 Å². The smallest absolute Gasteiger partial charge is 0.323 e. The summed E-state index contributed by atoms with van der Waals surface area (Å²) in [6.07, 6.45) is 2.48. The molecule has 1 aliphatic rings. The van der Waals surface area contributed by atoms with Gasteiger partial charge in [-0.25, -0.2) is 8.42 Å². The Morgan fingerprint density at radius 2 is 2.15 bits per heavy atom. The number of hydrogen-bond donors (Lipinski definition) is 2. The van der Waals surface area contributed by atoms with Crippen LogP contribution in [0.25, 0.3) is 0 Å². The minimum absolute atomic E-state index is 0.0791. The average Bonchev–Trinajstić information content (AvgIpc) is 2.75. The standard InChI is InChI=1S/C13H26N2O4S/c1-4-13(14-2,12(16)17)7-5-8-15(3)11-6-9-20(18,19)10-11/h11,14H,4-10H2,1-3H3,(H,16,17). The van der Waals surface area contributed by atoms with Gasteiger partial charge in [-0.05, 0) is 46.3 Å². The Labute approximate surface area is 121 Å². The van der Waals surface area contributed by atoms with Crippen LogP contribution in [0.5, 0.6) is 0 Å².